The normalized spacial score (nSPS) is 18.7. The zero-order valence-corrected chi connectivity index (χ0v) is 12.6. The molecule has 1 aromatic carbocycles. The quantitative estimate of drug-likeness (QED) is 0.828. The molecular weight excluding hydrogens is 262 g/mol. The highest BCUT2D eigenvalue weighted by atomic mass is 16.5. The van der Waals surface area contributed by atoms with Gasteiger partial charge in [0.05, 0.1) is 6.61 Å². The fourth-order valence-corrected chi connectivity index (χ4v) is 2.99. The first kappa shape index (κ1) is 14.4. The van der Waals surface area contributed by atoms with E-state index in [9.17, 15) is 4.79 Å². The summed E-state index contributed by atoms with van der Waals surface area (Å²) in [5.74, 6) is 2.47. The molecule has 2 fully saturated rings. The van der Waals surface area contributed by atoms with E-state index in [4.69, 9.17) is 4.74 Å². The van der Waals surface area contributed by atoms with Gasteiger partial charge in [-0.2, -0.15) is 0 Å². The molecule has 114 valence electrons. The monoisotopic (exact) mass is 287 g/mol. The summed E-state index contributed by atoms with van der Waals surface area (Å²) in [5, 5.41) is 3.03. The van der Waals surface area contributed by atoms with Crippen LogP contribution in [0.15, 0.2) is 24.3 Å². The zero-order chi connectivity index (χ0) is 14.5. The highest BCUT2D eigenvalue weighted by molar-refractivity contribution is 5.94. The second-order valence-corrected chi connectivity index (χ2v) is 6.47. The average Bonchev–Trinajstić information content (AvgIpc) is 3.20. The number of carbonyl (C=O) groups is 1. The van der Waals surface area contributed by atoms with Gasteiger partial charge in [0.2, 0.25) is 0 Å². The van der Waals surface area contributed by atoms with E-state index in [1.807, 2.05) is 24.3 Å². The van der Waals surface area contributed by atoms with Crippen molar-refractivity contribution in [3.05, 3.63) is 29.8 Å². The molecule has 0 aromatic heterocycles. The third-order valence-corrected chi connectivity index (χ3v) is 4.61. The molecule has 0 radical (unpaired) electrons. The maximum Gasteiger partial charge on any atom is 0.251 e. The summed E-state index contributed by atoms with van der Waals surface area (Å²) in [6.07, 6.45) is 9.10. The molecule has 0 atom stereocenters. The molecule has 2 aliphatic rings. The van der Waals surface area contributed by atoms with E-state index >= 15 is 0 Å². The second kappa shape index (κ2) is 6.97. The Morgan fingerprint density at radius 3 is 2.43 bits per heavy atom. The van der Waals surface area contributed by atoms with Crippen molar-refractivity contribution in [3.8, 4) is 5.75 Å². The van der Waals surface area contributed by atoms with E-state index in [0.717, 1.165) is 42.7 Å². The highest BCUT2D eigenvalue weighted by Gasteiger charge is 2.21. The number of hydrogen-bond acceptors (Lipinski definition) is 2. The maximum absolute atomic E-state index is 12.1. The van der Waals surface area contributed by atoms with Gasteiger partial charge < -0.3 is 10.1 Å². The number of rotatable bonds is 7. The van der Waals surface area contributed by atoms with Crippen LogP contribution >= 0.6 is 0 Å². The lowest BCUT2D eigenvalue weighted by Gasteiger charge is -2.10. The Hall–Kier alpha value is -1.51. The SMILES string of the molecule is O=C(NCCC1CCCC1)c1ccc(OCC2CC2)cc1. The first-order valence-electron chi connectivity index (χ1n) is 8.32. The van der Waals surface area contributed by atoms with Gasteiger partial charge in [0.25, 0.3) is 5.91 Å². The third kappa shape index (κ3) is 4.48. The molecular formula is C18H25NO2. The predicted octanol–water partition coefficient (Wildman–Crippen LogP) is 3.79. The van der Waals surface area contributed by atoms with Crippen molar-refractivity contribution in [2.24, 2.45) is 11.8 Å². The van der Waals surface area contributed by atoms with E-state index < -0.39 is 0 Å². The van der Waals surface area contributed by atoms with Crippen LogP contribution in [0.5, 0.6) is 5.75 Å². The van der Waals surface area contributed by atoms with Gasteiger partial charge in [-0.3, -0.25) is 4.79 Å². The molecule has 1 aromatic rings. The van der Waals surface area contributed by atoms with Gasteiger partial charge in [-0.05, 0) is 55.4 Å². The van der Waals surface area contributed by atoms with Crippen LogP contribution in [-0.2, 0) is 0 Å². The number of benzene rings is 1. The first-order chi connectivity index (χ1) is 10.3. The van der Waals surface area contributed by atoms with Crippen LogP contribution < -0.4 is 10.1 Å². The van der Waals surface area contributed by atoms with E-state index in [2.05, 4.69) is 5.32 Å². The fraction of sp³-hybridized carbons (Fsp3) is 0.611. The third-order valence-electron chi connectivity index (χ3n) is 4.61. The Kier molecular flexibility index (Phi) is 4.79. The largest absolute Gasteiger partial charge is 0.493 e. The molecule has 3 rings (SSSR count). The first-order valence-corrected chi connectivity index (χ1v) is 8.32. The van der Waals surface area contributed by atoms with Gasteiger partial charge in [-0.1, -0.05) is 25.7 Å². The molecule has 2 saturated carbocycles. The molecule has 0 spiro atoms. The molecule has 2 aliphatic carbocycles. The fourth-order valence-electron chi connectivity index (χ4n) is 2.99. The van der Waals surface area contributed by atoms with Crippen molar-refractivity contribution in [2.45, 2.75) is 44.9 Å². The summed E-state index contributed by atoms with van der Waals surface area (Å²) >= 11 is 0. The molecule has 1 N–H and O–H groups in total. The average molecular weight is 287 g/mol. The van der Waals surface area contributed by atoms with Crippen molar-refractivity contribution in [2.75, 3.05) is 13.2 Å². The van der Waals surface area contributed by atoms with Crippen molar-refractivity contribution < 1.29 is 9.53 Å². The molecule has 0 unspecified atom stereocenters. The molecule has 0 heterocycles. The van der Waals surface area contributed by atoms with Gasteiger partial charge in [0.1, 0.15) is 5.75 Å². The van der Waals surface area contributed by atoms with Crippen LogP contribution in [0.3, 0.4) is 0 Å². The highest BCUT2D eigenvalue weighted by Crippen LogP contribution is 2.29. The minimum absolute atomic E-state index is 0.0294. The minimum atomic E-state index is 0.0294. The van der Waals surface area contributed by atoms with Gasteiger partial charge >= 0.3 is 0 Å². The number of ether oxygens (including phenoxy) is 1. The number of nitrogens with one attached hydrogen (secondary N) is 1. The minimum Gasteiger partial charge on any atom is -0.493 e. The van der Waals surface area contributed by atoms with Crippen LogP contribution in [0.25, 0.3) is 0 Å². The van der Waals surface area contributed by atoms with Gasteiger partial charge in [0.15, 0.2) is 0 Å². The Balaban J connectivity index is 1.40. The van der Waals surface area contributed by atoms with Crippen LogP contribution in [-0.4, -0.2) is 19.1 Å². The van der Waals surface area contributed by atoms with E-state index in [0.29, 0.717) is 0 Å². The molecule has 0 saturated heterocycles. The van der Waals surface area contributed by atoms with Gasteiger partial charge in [-0.15, -0.1) is 0 Å². The lowest BCUT2D eigenvalue weighted by Crippen LogP contribution is -2.25. The summed E-state index contributed by atoms with van der Waals surface area (Å²) in [6, 6.07) is 7.50. The zero-order valence-electron chi connectivity index (χ0n) is 12.6. The summed E-state index contributed by atoms with van der Waals surface area (Å²) in [7, 11) is 0. The van der Waals surface area contributed by atoms with Crippen LogP contribution in [0.4, 0.5) is 0 Å². The lowest BCUT2D eigenvalue weighted by atomic mass is 10.0. The van der Waals surface area contributed by atoms with E-state index in [1.54, 1.807) is 0 Å². The molecule has 21 heavy (non-hydrogen) atoms. The lowest BCUT2D eigenvalue weighted by molar-refractivity contribution is 0.0951. The van der Waals surface area contributed by atoms with Gasteiger partial charge in [-0.25, -0.2) is 0 Å². The van der Waals surface area contributed by atoms with Crippen LogP contribution in [0.1, 0.15) is 55.3 Å². The number of amides is 1. The molecule has 0 aliphatic heterocycles. The standard InChI is InChI=1S/C18H25NO2/c20-18(19-12-11-14-3-1-2-4-14)16-7-9-17(10-8-16)21-13-15-5-6-15/h7-10,14-15H,1-6,11-13H2,(H,19,20). The summed E-state index contributed by atoms with van der Waals surface area (Å²) < 4.78 is 5.68. The topological polar surface area (TPSA) is 38.3 Å². The number of carbonyl (C=O) groups excluding carboxylic acids is 1. The Labute approximate surface area is 127 Å². The van der Waals surface area contributed by atoms with E-state index in [-0.39, 0.29) is 5.91 Å². The Bertz CT molecular complexity index is 459. The van der Waals surface area contributed by atoms with Crippen LogP contribution in [0.2, 0.25) is 0 Å². The van der Waals surface area contributed by atoms with Gasteiger partial charge in [0, 0.05) is 12.1 Å². The summed E-state index contributed by atoms with van der Waals surface area (Å²) in [6.45, 7) is 1.61. The predicted molar refractivity (Wildman–Crippen MR) is 83.6 cm³/mol. The van der Waals surface area contributed by atoms with Crippen LogP contribution in [0, 0.1) is 11.8 Å². The second-order valence-electron chi connectivity index (χ2n) is 6.47. The number of hydrogen-bond donors (Lipinski definition) is 1. The molecule has 1 amide bonds. The van der Waals surface area contributed by atoms with Crippen molar-refractivity contribution >= 4 is 5.91 Å². The Morgan fingerprint density at radius 1 is 1.05 bits per heavy atom. The van der Waals surface area contributed by atoms with Crippen molar-refractivity contribution in [1.29, 1.82) is 0 Å². The molecule has 3 nitrogen and oxygen atoms in total. The Morgan fingerprint density at radius 2 is 1.76 bits per heavy atom. The molecule has 3 heteroatoms. The van der Waals surface area contributed by atoms with Crippen molar-refractivity contribution in [3.63, 3.8) is 0 Å². The van der Waals surface area contributed by atoms with E-state index in [1.165, 1.54) is 38.5 Å². The van der Waals surface area contributed by atoms with Crippen molar-refractivity contribution in [1.82, 2.24) is 5.32 Å². The summed E-state index contributed by atoms with van der Waals surface area (Å²) in [4.78, 5) is 12.1. The smallest absolute Gasteiger partial charge is 0.251 e. The molecule has 0 bridgehead atoms. The summed E-state index contributed by atoms with van der Waals surface area (Å²) in [5.41, 5.74) is 0.722. The maximum atomic E-state index is 12.1.